The molecule has 0 saturated heterocycles. The predicted molar refractivity (Wildman–Crippen MR) is 44.3 cm³/mol. The van der Waals surface area contributed by atoms with Crippen molar-refractivity contribution in [1.82, 2.24) is 0 Å². The summed E-state index contributed by atoms with van der Waals surface area (Å²) < 4.78 is 19.9. The molecule has 1 N–H and O–H groups in total. The summed E-state index contributed by atoms with van der Waals surface area (Å²) in [4.78, 5) is 0.411. The molecular weight excluding hydrogens is 239 g/mol. The van der Waals surface area contributed by atoms with E-state index in [4.69, 9.17) is 4.55 Å². The van der Waals surface area contributed by atoms with Crippen LogP contribution in [0.25, 0.3) is 0 Å². The van der Waals surface area contributed by atoms with Gasteiger partial charge in [0.15, 0.2) is 11.1 Å². The van der Waals surface area contributed by atoms with E-state index in [-0.39, 0.29) is 31.0 Å². The second-order valence-electron chi connectivity index (χ2n) is 1.71. The van der Waals surface area contributed by atoms with E-state index in [0.717, 1.165) is 4.47 Å². The zero-order valence-corrected chi connectivity index (χ0v) is 10.4. The fraction of sp³-hybridized carbons (Fsp3) is 0. The van der Waals surface area contributed by atoms with Crippen LogP contribution in [0.15, 0.2) is 33.6 Å². The molecule has 0 saturated carbocycles. The number of rotatable bonds is 1. The van der Waals surface area contributed by atoms with Crippen molar-refractivity contribution in [3.8, 4) is 0 Å². The third kappa shape index (κ3) is 3.83. The molecule has 0 spiro atoms. The van der Waals surface area contributed by atoms with Gasteiger partial charge in [0.1, 0.15) is 0 Å². The monoisotopic (exact) mass is 244 g/mol. The van der Waals surface area contributed by atoms with Gasteiger partial charge >= 0.3 is 29.6 Å². The van der Waals surface area contributed by atoms with Gasteiger partial charge < -0.3 is 5.98 Å². The Bertz CT molecular complexity index is 271. The molecule has 0 aliphatic carbocycles. The van der Waals surface area contributed by atoms with E-state index >= 15 is 0 Å². The summed E-state index contributed by atoms with van der Waals surface area (Å²) in [6.07, 6.45) is 0. The molecule has 0 fully saturated rings. The molecule has 1 aromatic carbocycles. The minimum atomic E-state index is -1.87. The van der Waals surface area contributed by atoms with Gasteiger partial charge in [-0.25, -0.2) is 4.21 Å². The molecule has 0 aliphatic rings. The summed E-state index contributed by atoms with van der Waals surface area (Å²) in [6.45, 7) is 0. The van der Waals surface area contributed by atoms with Crippen molar-refractivity contribution >= 4 is 27.0 Å². The average molecular weight is 245 g/mol. The van der Waals surface area contributed by atoms with Gasteiger partial charge in [0, 0.05) is 4.47 Å². The van der Waals surface area contributed by atoms with Crippen LogP contribution in [0.1, 0.15) is 1.43 Å². The van der Waals surface area contributed by atoms with Crippen molar-refractivity contribution in [1.29, 1.82) is 0 Å². The molecule has 2 nitrogen and oxygen atoms in total. The topological polar surface area (TPSA) is 37.3 Å². The molecule has 0 amide bonds. The third-order valence-electron chi connectivity index (χ3n) is 0.998. The van der Waals surface area contributed by atoms with Crippen LogP contribution >= 0.6 is 15.9 Å². The number of benzene rings is 1. The van der Waals surface area contributed by atoms with E-state index in [9.17, 15) is 4.21 Å². The maximum absolute atomic E-state index is 10.4. The van der Waals surface area contributed by atoms with Gasteiger partial charge in [-0.1, -0.05) is 22.0 Å². The summed E-state index contributed by atoms with van der Waals surface area (Å²) in [5.74, 6) is 0. The molecule has 0 bridgehead atoms. The minimum absolute atomic E-state index is 0. The molecule has 1 rings (SSSR count). The van der Waals surface area contributed by atoms with E-state index in [1.807, 2.05) is 0 Å². The quantitative estimate of drug-likeness (QED) is 0.516. The standard InChI is InChI=1S/C6H5BrO2S.Na.H/c7-5-2-1-3-6(4-5)10(8)9;;/h1-4H,(H,8,9);;/q;+1;-1. The van der Waals surface area contributed by atoms with Crippen LogP contribution in [0.4, 0.5) is 0 Å². The van der Waals surface area contributed by atoms with Crippen LogP contribution in [0.2, 0.25) is 0 Å². The van der Waals surface area contributed by atoms with Gasteiger partial charge in [-0.05, 0) is 18.2 Å². The Morgan fingerprint density at radius 3 is 2.55 bits per heavy atom. The predicted octanol–water partition coefficient (Wildman–Crippen LogP) is -0.854. The van der Waals surface area contributed by atoms with Crippen molar-refractivity contribution < 1.29 is 39.7 Å². The largest absolute Gasteiger partial charge is 1.00 e. The van der Waals surface area contributed by atoms with Crippen molar-refractivity contribution in [2.75, 3.05) is 0 Å². The van der Waals surface area contributed by atoms with Crippen molar-refractivity contribution in [2.45, 2.75) is 4.90 Å². The first kappa shape index (κ1) is 11.8. The first-order valence-electron chi connectivity index (χ1n) is 2.56. The van der Waals surface area contributed by atoms with Gasteiger partial charge in [0.2, 0.25) is 0 Å². The Balaban J connectivity index is 0. The molecule has 0 heterocycles. The Hall–Kier alpha value is 0.810. The van der Waals surface area contributed by atoms with Gasteiger partial charge in [-0.2, -0.15) is 0 Å². The van der Waals surface area contributed by atoms with Crippen LogP contribution in [-0.2, 0) is 11.1 Å². The van der Waals surface area contributed by atoms with Gasteiger partial charge in [0.25, 0.3) is 0 Å². The Morgan fingerprint density at radius 1 is 1.55 bits per heavy atom. The Kier molecular flexibility index (Phi) is 5.86. The first-order chi connectivity index (χ1) is 4.70. The number of halogens is 1. The van der Waals surface area contributed by atoms with Gasteiger partial charge in [-0.3, -0.25) is 0 Å². The van der Waals surface area contributed by atoms with Crippen LogP contribution < -0.4 is 29.6 Å². The fourth-order valence-electron chi connectivity index (χ4n) is 0.576. The average Bonchev–Trinajstić information content (AvgIpc) is 1.88. The molecule has 1 aromatic rings. The van der Waals surface area contributed by atoms with Crippen molar-refractivity contribution in [2.24, 2.45) is 0 Å². The van der Waals surface area contributed by atoms with Crippen LogP contribution in [-0.4, -0.2) is 8.76 Å². The van der Waals surface area contributed by atoms with Crippen molar-refractivity contribution in [3.05, 3.63) is 28.7 Å². The van der Waals surface area contributed by atoms with E-state index in [1.54, 1.807) is 24.3 Å². The molecule has 11 heavy (non-hydrogen) atoms. The van der Waals surface area contributed by atoms with E-state index < -0.39 is 11.1 Å². The summed E-state index contributed by atoms with van der Waals surface area (Å²) in [5.41, 5.74) is 0. The smallest absolute Gasteiger partial charge is 1.00 e. The number of hydrogen-bond acceptors (Lipinski definition) is 1. The maximum Gasteiger partial charge on any atom is 1.00 e. The summed E-state index contributed by atoms with van der Waals surface area (Å²) in [6, 6.07) is 6.72. The van der Waals surface area contributed by atoms with Crippen LogP contribution in [0, 0.1) is 0 Å². The second-order valence-corrected chi connectivity index (χ2v) is 3.59. The summed E-state index contributed by atoms with van der Waals surface area (Å²) >= 11 is 1.32. The Labute approximate surface area is 99.6 Å². The molecule has 1 unspecified atom stereocenters. The summed E-state index contributed by atoms with van der Waals surface area (Å²) in [5, 5.41) is 0. The van der Waals surface area contributed by atoms with Crippen molar-refractivity contribution in [3.63, 3.8) is 0 Å². The zero-order valence-electron chi connectivity index (χ0n) is 6.95. The molecular formula is C6H6BrNaO2S. The first-order valence-corrected chi connectivity index (χ1v) is 4.46. The van der Waals surface area contributed by atoms with Gasteiger partial charge in [0.05, 0.1) is 4.90 Å². The molecule has 0 radical (unpaired) electrons. The molecule has 0 aromatic heterocycles. The van der Waals surface area contributed by atoms with Crippen LogP contribution in [0.3, 0.4) is 0 Å². The molecule has 56 valence electrons. The maximum atomic E-state index is 10.4. The molecule has 0 aliphatic heterocycles. The third-order valence-corrected chi connectivity index (χ3v) is 2.15. The summed E-state index contributed by atoms with van der Waals surface area (Å²) in [7, 11) is 0. The molecule has 5 heteroatoms. The molecule has 1 atom stereocenters. The van der Waals surface area contributed by atoms with E-state index in [0.29, 0.717) is 4.90 Å². The minimum Gasteiger partial charge on any atom is -1.00 e. The van der Waals surface area contributed by atoms with E-state index in [1.165, 1.54) is 0 Å². The normalized spacial score (nSPS) is 11.8. The van der Waals surface area contributed by atoms with Crippen LogP contribution in [0.5, 0.6) is 0 Å². The number of hydrogen-bond donors (Lipinski definition) is 1. The van der Waals surface area contributed by atoms with Gasteiger partial charge in [-0.15, -0.1) is 0 Å². The SMILES string of the molecule is O=S(O)c1cccc(Br)c1.[H-].[Na+]. The Morgan fingerprint density at radius 2 is 2.18 bits per heavy atom. The van der Waals surface area contributed by atoms with E-state index in [2.05, 4.69) is 15.9 Å². The zero-order chi connectivity index (χ0) is 7.56. The fourth-order valence-corrected chi connectivity index (χ4v) is 1.55. The second kappa shape index (κ2) is 5.45.